The molecule has 1 nitrogen and oxygen atoms in total. The van der Waals surface area contributed by atoms with Gasteiger partial charge in [-0.1, -0.05) is 55.0 Å². The number of rotatable bonds is 8. The summed E-state index contributed by atoms with van der Waals surface area (Å²) in [6.07, 6.45) is 7.26. The van der Waals surface area contributed by atoms with Gasteiger partial charge in [-0.3, -0.25) is 4.79 Å². The molecule has 100 valence electrons. The summed E-state index contributed by atoms with van der Waals surface area (Å²) in [6.45, 7) is 2.18. The van der Waals surface area contributed by atoms with E-state index in [-0.39, 0.29) is 11.3 Å². The smallest absolute Gasteiger partial charge is 0.165 e. The largest absolute Gasteiger partial charge is 0.294 e. The fourth-order valence-electron chi connectivity index (χ4n) is 1.92. The molecule has 0 aliphatic carbocycles. The third-order valence-electron chi connectivity index (χ3n) is 2.99. The summed E-state index contributed by atoms with van der Waals surface area (Å²) in [6, 6.07) is 4.60. The first-order chi connectivity index (χ1) is 8.65. The minimum absolute atomic E-state index is 0.0875. The summed E-state index contributed by atoms with van der Waals surface area (Å²) in [5.41, 5.74) is 0.215. The van der Waals surface area contributed by atoms with E-state index in [1.165, 1.54) is 31.7 Å². The first-order valence-corrected chi connectivity index (χ1v) is 7.42. The van der Waals surface area contributed by atoms with Crippen molar-refractivity contribution in [3.63, 3.8) is 0 Å². The van der Waals surface area contributed by atoms with Crippen LogP contribution in [0.1, 0.15) is 62.2 Å². The van der Waals surface area contributed by atoms with Crippen molar-refractivity contribution < 1.29 is 9.18 Å². The third-order valence-corrected chi connectivity index (χ3v) is 3.48. The Bertz CT molecular complexity index is 390. The molecule has 0 fully saturated rings. The summed E-state index contributed by atoms with van der Waals surface area (Å²) < 4.78 is 14.2. The van der Waals surface area contributed by atoms with Gasteiger partial charge in [0.05, 0.1) is 5.56 Å². The summed E-state index contributed by atoms with van der Waals surface area (Å²) in [7, 11) is 0. The molecule has 0 aromatic heterocycles. The maximum Gasteiger partial charge on any atom is 0.165 e. The number of carbonyl (C=O) groups excluding carboxylic acids is 1. The van der Waals surface area contributed by atoms with Crippen LogP contribution in [0.3, 0.4) is 0 Å². The predicted molar refractivity (Wildman–Crippen MR) is 76.4 cm³/mol. The minimum Gasteiger partial charge on any atom is -0.294 e. The maximum atomic E-state index is 13.5. The van der Waals surface area contributed by atoms with E-state index >= 15 is 0 Å². The van der Waals surface area contributed by atoms with Crippen molar-refractivity contribution in [3.8, 4) is 0 Å². The lowest BCUT2D eigenvalue weighted by Crippen LogP contribution is -2.02. The van der Waals surface area contributed by atoms with E-state index in [1.807, 2.05) is 0 Å². The van der Waals surface area contributed by atoms with Crippen molar-refractivity contribution in [1.29, 1.82) is 0 Å². The van der Waals surface area contributed by atoms with E-state index < -0.39 is 5.82 Å². The molecule has 0 N–H and O–H groups in total. The van der Waals surface area contributed by atoms with E-state index in [9.17, 15) is 9.18 Å². The van der Waals surface area contributed by atoms with Gasteiger partial charge in [0, 0.05) is 10.9 Å². The third kappa shape index (κ3) is 5.30. The highest BCUT2D eigenvalue weighted by Crippen LogP contribution is 2.18. The summed E-state index contributed by atoms with van der Waals surface area (Å²) >= 11 is 3.18. The SMILES string of the molecule is CCCCCCCCC(=O)c1ccc(Br)cc1F. The molecule has 0 atom stereocenters. The van der Waals surface area contributed by atoms with Crippen LogP contribution in [0.2, 0.25) is 0 Å². The van der Waals surface area contributed by atoms with Crippen LogP contribution in [0, 0.1) is 5.82 Å². The van der Waals surface area contributed by atoms with Crippen LogP contribution in [0.5, 0.6) is 0 Å². The second-order valence-electron chi connectivity index (χ2n) is 4.57. The molecule has 1 aromatic rings. The van der Waals surface area contributed by atoms with Gasteiger partial charge in [-0.2, -0.15) is 0 Å². The zero-order valence-electron chi connectivity index (χ0n) is 10.8. The van der Waals surface area contributed by atoms with Gasteiger partial charge in [0.1, 0.15) is 5.82 Å². The molecular weight excluding hydrogens is 295 g/mol. The first-order valence-electron chi connectivity index (χ1n) is 6.63. The first kappa shape index (κ1) is 15.4. The van der Waals surface area contributed by atoms with Gasteiger partial charge in [-0.25, -0.2) is 4.39 Å². The van der Waals surface area contributed by atoms with E-state index in [0.29, 0.717) is 10.9 Å². The monoisotopic (exact) mass is 314 g/mol. The lowest BCUT2D eigenvalue weighted by Gasteiger charge is -2.03. The molecule has 0 unspecified atom stereocenters. The molecule has 1 rings (SSSR count). The van der Waals surface area contributed by atoms with Crippen LogP contribution in [0.4, 0.5) is 4.39 Å². The Morgan fingerprint density at radius 1 is 1.17 bits per heavy atom. The second-order valence-corrected chi connectivity index (χ2v) is 5.48. The highest BCUT2D eigenvalue weighted by Gasteiger charge is 2.11. The summed E-state index contributed by atoms with van der Waals surface area (Å²) in [4.78, 5) is 11.8. The van der Waals surface area contributed by atoms with Gasteiger partial charge in [0.15, 0.2) is 5.78 Å². The second kappa shape index (κ2) is 8.41. The van der Waals surface area contributed by atoms with Crippen molar-refractivity contribution in [2.45, 2.75) is 51.9 Å². The van der Waals surface area contributed by atoms with Crippen molar-refractivity contribution in [2.75, 3.05) is 0 Å². The fraction of sp³-hybridized carbons (Fsp3) is 0.533. The van der Waals surface area contributed by atoms with Gasteiger partial charge < -0.3 is 0 Å². The van der Waals surface area contributed by atoms with Crippen LogP contribution < -0.4 is 0 Å². The van der Waals surface area contributed by atoms with Gasteiger partial charge in [-0.05, 0) is 24.6 Å². The summed E-state index contributed by atoms with van der Waals surface area (Å²) in [5, 5.41) is 0. The van der Waals surface area contributed by atoms with Gasteiger partial charge >= 0.3 is 0 Å². The van der Waals surface area contributed by atoms with Crippen molar-refractivity contribution in [3.05, 3.63) is 34.1 Å². The van der Waals surface area contributed by atoms with Gasteiger partial charge in [-0.15, -0.1) is 0 Å². The van der Waals surface area contributed by atoms with Crippen LogP contribution in [0.15, 0.2) is 22.7 Å². The number of hydrogen-bond acceptors (Lipinski definition) is 1. The van der Waals surface area contributed by atoms with Gasteiger partial charge in [0.2, 0.25) is 0 Å². The molecule has 18 heavy (non-hydrogen) atoms. The highest BCUT2D eigenvalue weighted by molar-refractivity contribution is 9.10. The fourth-order valence-corrected chi connectivity index (χ4v) is 2.25. The highest BCUT2D eigenvalue weighted by atomic mass is 79.9. The average molecular weight is 315 g/mol. The van der Waals surface area contributed by atoms with E-state index in [4.69, 9.17) is 0 Å². The quantitative estimate of drug-likeness (QED) is 0.456. The normalized spacial score (nSPS) is 10.6. The van der Waals surface area contributed by atoms with E-state index in [1.54, 1.807) is 12.1 Å². The number of benzene rings is 1. The zero-order valence-corrected chi connectivity index (χ0v) is 12.4. The molecule has 0 bridgehead atoms. The molecule has 0 heterocycles. The Labute approximate surface area is 117 Å². The Kier molecular flexibility index (Phi) is 7.18. The van der Waals surface area contributed by atoms with Crippen LogP contribution in [0.25, 0.3) is 0 Å². The van der Waals surface area contributed by atoms with Crippen molar-refractivity contribution in [2.24, 2.45) is 0 Å². The lowest BCUT2D eigenvalue weighted by atomic mass is 10.0. The Morgan fingerprint density at radius 3 is 2.50 bits per heavy atom. The predicted octanol–water partition coefficient (Wildman–Crippen LogP) is 5.52. The molecule has 0 spiro atoms. The average Bonchev–Trinajstić information content (AvgIpc) is 2.33. The maximum absolute atomic E-state index is 13.5. The molecule has 1 aromatic carbocycles. The van der Waals surface area contributed by atoms with Crippen molar-refractivity contribution >= 4 is 21.7 Å². The van der Waals surface area contributed by atoms with Crippen LogP contribution in [-0.4, -0.2) is 5.78 Å². The zero-order chi connectivity index (χ0) is 13.4. The van der Waals surface area contributed by atoms with E-state index in [2.05, 4.69) is 22.9 Å². The molecule has 0 aliphatic heterocycles. The molecule has 0 amide bonds. The number of carbonyl (C=O) groups is 1. The van der Waals surface area contributed by atoms with Crippen LogP contribution >= 0.6 is 15.9 Å². The summed E-state index contributed by atoms with van der Waals surface area (Å²) in [5.74, 6) is -0.518. The number of hydrogen-bond donors (Lipinski definition) is 0. The molecule has 0 aliphatic rings. The number of unbranched alkanes of at least 4 members (excludes halogenated alkanes) is 5. The number of halogens is 2. The van der Waals surface area contributed by atoms with Gasteiger partial charge in [0.25, 0.3) is 0 Å². The van der Waals surface area contributed by atoms with Crippen LogP contribution in [-0.2, 0) is 0 Å². The number of ketones is 1. The Hall–Kier alpha value is -0.700. The molecule has 0 saturated carbocycles. The standard InChI is InChI=1S/C15H20BrFO/c1-2-3-4-5-6-7-8-15(18)13-10-9-12(16)11-14(13)17/h9-11H,2-8H2,1H3. The molecule has 0 saturated heterocycles. The van der Waals surface area contributed by atoms with Crippen molar-refractivity contribution in [1.82, 2.24) is 0 Å². The minimum atomic E-state index is -0.430. The molecular formula is C15H20BrFO. The topological polar surface area (TPSA) is 17.1 Å². The number of Topliss-reactive ketones (excluding diaryl/α,β-unsaturated/α-hetero) is 1. The Balaban J connectivity index is 2.32. The van der Waals surface area contributed by atoms with E-state index in [0.717, 1.165) is 12.8 Å². The Morgan fingerprint density at radius 2 is 1.83 bits per heavy atom. The molecule has 0 radical (unpaired) electrons. The lowest BCUT2D eigenvalue weighted by molar-refractivity contribution is 0.0975. The molecule has 3 heteroatoms.